The summed E-state index contributed by atoms with van der Waals surface area (Å²) in [5.74, 6) is -1.99. The van der Waals surface area contributed by atoms with Gasteiger partial charge in [-0.2, -0.15) is 0 Å². The summed E-state index contributed by atoms with van der Waals surface area (Å²) in [7, 11) is 0. The molecule has 0 aliphatic heterocycles. The van der Waals surface area contributed by atoms with Crippen LogP contribution in [0.4, 0.5) is 0 Å². The van der Waals surface area contributed by atoms with Gasteiger partial charge in [0.1, 0.15) is 6.54 Å². The second kappa shape index (κ2) is 6.88. The molecule has 0 saturated heterocycles. The zero-order valence-electron chi connectivity index (χ0n) is 12.2. The van der Waals surface area contributed by atoms with Gasteiger partial charge in [-0.25, -0.2) is 9.48 Å². The molecule has 0 bridgehead atoms. The van der Waals surface area contributed by atoms with E-state index in [1.54, 1.807) is 24.4 Å². The van der Waals surface area contributed by atoms with E-state index < -0.39 is 23.5 Å². The number of amides is 1. The number of aromatic nitrogens is 3. The van der Waals surface area contributed by atoms with Crippen LogP contribution in [-0.4, -0.2) is 37.7 Å². The summed E-state index contributed by atoms with van der Waals surface area (Å²) >= 11 is 0. The first kappa shape index (κ1) is 15.7. The number of rotatable bonds is 7. The van der Waals surface area contributed by atoms with Crippen LogP contribution in [0.3, 0.4) is 0 Å². The predicted octanol–water partition coefficient (Wildman–Crippen LogP) is 0.113. The molecule has 0 fully saturated rings. The number of pyridine rings is 1. The van der Waals surface area contributed by atoms with E-state index in [9.17, 15) is 14.4 Å². The van der Waals surface area contributed by atoms with E-state index in [0.717, 1.165) is 11.1 Å². The number of aliphatic carboxylic acids is 1. The van der Waals surface area contributed by atoms with Gasteiger partial charge >= 0.3 is 11.7 Å². The van der Waals surface area contributed by atoms with Crippen molar-refractivity contribution in [2.24, 2.45) is 5.92 Å². The first-order valence-electron chi connectivity index (χ1n) is 7.06. The van der Waals surface area contributed by atoms with Crippen molar-refractivity contribution >= 4 is 17.5 Å². The Morgan fingerprint density at radius 2 is 2.18 bits per heavy atom. The minimum atomic E-state index is -0.938. The topological polar surface area (TPSA) is 106 Å². The number of hydrogen-bond acceptors (Lipinski definition) is 4. The molecule has 2 aromatic rings. The van der Waals surface area contributed by atoms with Gasteiger partial charge in [0, 0.05) is 12.7 Å². The Labute approximate surface area is 126 Å². The summed E-state index contributed by atoms with van der Waals surface area (Å²) in [6.45, 7) is 1.69. The second-order valence-electron chi connectivity index (χ2n) is 5.00. The predicted molar refractivity (Wildman–Crippen MR) is 78.5 cm³/mol. The van der Waals surface area contributed by atoms with Gasteiger partial charge in [-0.05, 0) is 18.6 Å². The SMILES string of the molecule is CCCC(CNC(=O)Cn1nc2ccccn2c1=O)C(=O)O. The highest BCUT2D eigenvalue weighted by Crippen LogP contribution is 2.05. The molecule has 2 N–H and O–H groups in total. The first-order valence-corrected chi connectivity index (χ1v) is 7.06. The fraction of sp³-hybridized carbons (Fsp3) is 0.429. The maximum atomic E-state index is 12.0. The highest BCUT2D eigenvalue weighted by Gasteiger charge is 2.18. The fourth-order valence-electron chi connectivity index (χ4n) is 2.16. The molecule has 2 heterocycles. The van der Waals surface area contributed by atoms with E-state index >= 15 is 0 Å². The van der Waals surface area contributed by atoms with E-state index in [2.05, 4.69) is 10.4 Å². The largest absolute Gasteiger partial charge is 0.481 e. The quantitative estimate of drug-likeness (QED) is 0.755. The highest BCUT2D eigenvalue weighted by atomic mass is 16.4. The molecule has 8 nitrogen and oxygen atoms in total. The van der Waals surface area contributed by atoms with Gasteiger partial charge in [0.15, 0.2) is 5.65 Å². The maximum absolute atomic E-state index is 12.0. The lowest BCUT2D eigenvalue weighted by Crippen LogP contribution is -2.37. The molecule has 1 unspecified atom stereocenters. The minimum absolute atomic E-state index is 0.0458. The Bertz CT molecular complexity index is 734. The van der Waals surface area contributed by atoms with Gasteiger partial charge in [-0.3, -0.25) is 14.0 Å². The van der Waals surface area contributed by atoms with Gasteiger partial charge < -0.3 is 10.4 Å². The summed E-state index contributed by atoms with van der Waals surface area (Å²) < 4.78 is 2.39. The van der Waals surface area contributed by atoms with Crippen LogP contribution in [-0.2, 0) is 16.1 Å². The summed E-state index contributed by atoms with van der Waals surface area (Å²) in [6, 6.07) is 5.11. The van der Waals surface area contributed by atoms with Gasteiger partial charge in [-0.1, -0.05) is 19.4 Å². The first-order chi connectivity index (χ1) is 10.5. The van der Waals surface area contributed by atoms with E-state index in [0.29, 0.717) is 12.1 Å². The molecule has 2 aromatic heterocycles. The zero-order valence-corrected chi connectivity index (χ0v) is 12.2. The smallest absolute Gasteiger partial charge is 0.350 e. The molecule has 0 saturated carbocycles. The number of nitrogens with zero attached hydrogens (tertiary/aromatic N) is 3. The van der Waals surface area contributed by atoms with Crippen LogP contribution in [0.1, 0.15) is 19.8 Å². The van der Waals surface area contributed by atoms with E-state index in [4.69, 9.17) is 5.11 Å². The summed E-state index contributed by atoms with van der Waals surface area (Å²) in [4.78, 5) is 34.9. The van der Waals surface area contributed by atoms with Gasteiger partial charge in [0.2, 0.25) is 5.91 Å². The van der Waals surface area contributed by atoms with Crippen LogP contribution in [0.25, 0.3) is 5.65 Å². The van der Waals surface area contributed by atoms with E-state index in [-0.39, 0.29) is 13.1 Å². The zero-order chi connectivity index (χ0) is 16.1. The monoisotopic (exact) mass is 306 g/mol. The summed E-state index contributed by atoms with van der Waals surface area (Å²) in [6.07, 6.45) is 2.78. The molecule has 118 valence electrons. The molecule has 8 heteroatoms. The van der Waals surface area contributed by atoms with Gasteiger partial charge in [-0.15, -0.1) is 5.10 Å². The van der Waals surface area contributed by atoms with Crippen molar-refractivity contribution in [3.63, 3.8) is 0 Å². The van der Waals surface area contributed by atoms with Crippen molar-refractivity contribution < 1.29 is 14.7 Å². The molecule has 0 spiro atoms. The van der Waals surface area contributed by atoms with Crippen molar-refractivity contribution in [3.8, 4) is 0 Å². The number of hydrogen-bond donors (Lipinski definition) is 2. The Morgan fingerprint density at radius 3 is 2.82 bits per heavy atom. The Hall–Kier alpha value is -2.64. The third-order valence-electron chi connectivity index (χ3n) is 3.31. The molecular formula is C14H18N4O4. The number of carbonyl (C=O) groups is 2. The lowest BCUT2D eigenvalue weighted by atomic mass is 10.0. The molecular weight excluding hydrogens is 288 g/mol. The number of nitrogens with one attached hydrogen (secondary N) is 1. The van der Waals surface area contributed by atoms with E-state index in [1.807, 2.05) is 6.92 Å². The lowest BCUT2D eigenvalue weighted by molar-refractivity contribution is -0.141. The Balaban J connectivity index is 2.00. The van der Waals surface area contributed by atoms with Crippen LogP contribution < -0.4 is 11.0 Å². The average Bonchev–Trinajstić information content (AvgIpc) is 2.80. The molecule has 0 radical (unpaired) electrons. The third kappa shape index (κ3) is 3.51. The van der Waals surface area contributed by atoms with Crippen LogP contribution in [0, 0.1) is 5.92 Å². The van der Waals surface area contributed by atoms with Crippen molar-refractivity contribution in [2.75, 3.05) is 6.54 Å². The van der Waals surface area contributed by atoms with Gasteiger partial charge in [0.25, 0.3) is 0 Å². The molecule has 2 rings (SSSR count). The van der Waals surface area contributed by atoms with Crippen LogP contribution in [0.15, 0.2) is 29.2 Å². The number of carboxylic acid groups (broad SMARTS) is 1. The summed E-state index contributed by atoms with van der Waals surface area (Å²) in [5.41, 5.74) is 0.0452. The minimum Gasteiger partial charge on any atom is -0.481 e. The highest BCUT2D eigenvalue weighted by molar-refractivity contribution is 5.77. The molecule has 0 aliphatic carbocycles. The summed E-state index contributed by atoms with van der Waals surface area (Å²) in [5, 5.41) is 15.6. The van der Waals surface area contributed by atoms with E-state index in [1.165, 1.54) is 4.40 Å². The van der Waals surface area contributed by atoms with Crippen LogP contribution in [0.2, 0.25) is 0 Å². The molecule has 22 heavy (non-hydrogen) atoms. The average molecular weight is 306 g/mol. The number of fused-ring (bicyclic) bond motifs is 1. The molecule has 0 aromatic carbocycles. The van der Waals surface area contributed by atoms with Crippen molar-refractivity contribution in [3.05, 3.63) is 34.9 Å². The Morgan fingerprint density at radius 1 is 1.41 bits per heavy atom. The molecule has 1 atom stereocenters. The maximum Gasteiger partial charge on any atom is 0.350 e. The standard InChI is InChI=1S/C14H18N4O4/c1-2-5-10(13(20)21)8-15-12(19)9-18-14(22)17-7-4-3-6-11(17)16-18/h3-4,6-7,10H,2,5,8-9H2,1H3,(H,15,19)(H,20,21). The Kier molecular flexibility index (Phi) is 4.92. The van der Waals surface area contributed by atoms with Crippen molar-refractivity contribution in [1.82, 2.24) is 19.5 Å². The van der Waals surface area contributed by atoms with Crippen LogP contribution in [0.5, 0.6) is 0 Å². The van der Waals surface area contributed by atoms with Crippen molar-refractivity contribution in [1.29, 1.82) is 0 Å². The molecule has 1 amide bonds. The second-order valence-corrected chi connectivity index (χ2v) is 5.00. The normalized spacial score (nSPS) is 12.2. The lowest BCUT2D eigenvalue weighted by Gasteiger charge is -2.11. The number of carbonyl (C=O) groups excluding carboxylic acids is 1. The fourth-order valence-corrected chi connectivity index (χ4v) is 2.16. The van der Waals surface area contributed by atoms with Crippen LogP contribution >= 0.6 is 0 Å². The molecule has 0 aliphatic rings. The number of carboxylic acids is 1. The third-order valence-corrected chi connectivity index (χ3v) is 3.31. The van der Waals surface area contributed by atoms with Gasteiger partial charge in [0.05, 0.1) is 5.92 Å². The van der Waals surface area contributed by atoms with Crippen molar-refractivity contribution in [2.45, 2.75) is 26.3 Å².